The lowest BCUT2D eigenvalue weighted by Crippen LogP contribution is -2.13. The number of aromatic amines is 1. The van der Waals surface area contributed by atoms with Crippen molar-refractivity contribution in [3.05, 3.63) is 58.2 Å². The van der Waals surface area contributed by atoms with Gasteiger partial charge in [0.25, 0.3) is 5.91 Å². The van der Waals surface area contributed by atoms with Crippen molar-refractivity contribution in [3.8, 4) is 5.75 Å². The van der Waals surface area contributed by atoms with Crippen molar-refractivity contribution in [1.29, 1.82) is 0 Å². The molecule has 0 aliphatic heterocycles. The molecule has 0 saturated carbocycles. The van der Waals surface area contributed by atoms with Crippen LogP contribution in [0.25, 0.3) is 10.9 Å². The predicted molar refractivity (Wildman–Crippen MR) is 89.3 cm³/mol. The van der Waals surface area contributed by atoms with Crippen LogP contribution < -0.4 is 10.1 Å². The summed E-state index contributed by atoms with van der Waals surface area (Å²) in [5, 5.41) is 4.81. The minimum Gasteiger partial charge on any atom is -0.495 e. The summed E-state index contributed by atoms with van der Waals surface area (Å²) in [7, 11) is 1.53. The van der Waals surface area contributed by atoms with Crippen molar-refractivity contribution in [2.24, 2.45) is 0 Å². The zero-order valence-corrected chi connectivity index (χ0v) is 13.1. The number of carbonyl (C=O) groups excluding carboxylic acids is 1. The predicted octanol–water partition coefficient (Wildman–Crippen LogP) is 4.74. The largest absolute Gasteiger partial charge is 0.495 e. The molecule has 0 aliphatic rings. The van der Waals surface area contributed by atoms with Gasteiger partial charge in [-0.05, 0) is 36.4 Å². The van der Waals surface area contributed by atoms with Crippen LogP contribution in [0.3, 0.4) is 0 Å². The molecule has 0 aliphatic carbocycles. The third-order valence-electron chi connectivity index (χ3n) is 3.24. The molecule has 112 valence electrons. The SMILES string of the molecule is COc1ccc(Cl)cc1NC(=O)c1cc2ccc(Cl)cc2[nH]1. The Morgan fingerprint density at radius 1 is 1.09 bits per heavy atom. The highest BCUT2D eigenvalue weighted by Crippen LogP contribution is 2.28. The molecule has 22 heavy (non-hydrogen) atoms. The highest BCUT2D eigenvalue weighted by atomic mass is 35.5. The number of H-pyrrole nitrogens is 1. The minimum atomic E-state index is -0.284. The minimum absolute atomic E-state index is 0.284. The summed E-state index contributed by atoms with van der Waals surface area (Å²) in [5.41, 5.74) is 1.74. The summed E-state index contributed by atoms with van der Waals surface area (Å²) in [6.45, 7) is 0. The Bertz CT molecular complexity index is 858. The number of carbonyl (C=O) groups is 1. The monoisotopic (exact) mass is 334 g/mol. The fourth-order valence-corrected chi connectivity index (χ4v) is 2.53. The van der Waals surface area contributed by atoms with Crippen LogP contribution in [0, 0.1) is 0 Å². The van der Waals surface area contributed by atoms with Crippen LogP contribution in [-0.2, 0) is 0 Å². The third kappa shape index (κ3) is 2.89. The lowest BCUT2D eigenvalue weighted by Gasteiger charge is -2.09. The second-order valence-corrected chi connectivity index (χ2v) is 5.59. The van der Waals surface area contributed by atoms with E-state index in [0.717, 1.165) is 10.9 Å². The van der Waals surface area contributed by atoms with Crippen LogP contribution >= 0.6 is 23.2 Å². The zero-order chi connectivity index (χ0) is 15.7. The van der Waals surface area contributed by atoms with Gasteiger partial charge in [-0.3, -0.25) is 4.79 Å². The number of ether oxygens (including phenoxy) is 1. The van der Waals surface area contributed by atoms with Gasteiger partial charge < -0.3 is 15.0 Å². The van der Waals surface area contributed by atoms with Crippen molar-refractivity contribution in [2.45, 2.75) is 0 Å². The van der Waals surface area contributed by atoms with E-state index in [1.807, 2.05) is 6.07 Å². The van der Waals surface area contributed by atoms with Gasteiger partial charge in [0.2, 0.25) is 0 Å². The van der Waals surface area contributed by atoms with Crippen LogP contribution in [0.4, 0.5) is 5.69 Å². The van der Waals surface area contributed by atoms with Gasteiger partial charge >= 0.3 is 0 Å². The molecule has 0 atom stereocenters. The Morgan fingerprint density at radius 2 is 1.82 bits per heavy atom. The molecule has 1 aromatic heterocycles. The fourth-order valence-electron chi connectivity index (χ4n) is 2.19. The van der Waals surface area contributed by atoms with Crippen molar-refractivity contribution in [1.82, 2.24) is 4.98 Å². The van der Waals surface area contributed by atoms with Crippen molar-refractivity contribution >= 4 is 45.7 Å². The number of aromatic nitrogens is 1. The molecule has 2 N–H and O–H groups in total. The smallest absolute Gasteiger partial charge is 0.272 e. The van der Waals surface area contributed by atoms with Crippen LogP contribution in [-0.4, -0.2) is 18.0 Å². The number of anilines is 1. The van der Waals surface area contributed by atoms with Gasteiger partial charge in [0.05, 0.1) is 12.8 Å². The van der Waals surface area contributed by atoms with Gasteiger partial charge in [-0.15, -0.1) is 0 Å². The molecule has 3 aromatic rings. The van der Waals surface area contributed by atoms with E-state index < -0.39 is 0 Å². The molecule has 0 saturated heterocycles. The van der Waals surface area contributed by atoms with E-state index in [1.54, 1.807) is 36.4 Å². The average Bonchev–Trinajstić information content (AvgIpc) is 2.90. The maximum Gasteiger partial charge on any atom is 0.272 e. The van der Waals surface area contributed by atoms with E-state index >= 15 is 0 Å². The van der Waals surface area contributed by atoms with Gasteiger partial charge in [0.1, 0.15) is 11.4 Å². The van der Waals surface area contributed by atoms with E-state index in [4.69, 9.17) is 27.9 Å². The van der Waals surface area contributed by atoms with E-state index in [1.165, 1.54) is 7.11 Å². The fraction of sp³-hybridized carbons (Fsp3) is 0.0625. The third-order valence-corrected chi connectivity index (χ3v) is 3.71. The second-order valence-electron chi connectivity index (χ2n) is 4.71. The number of fused-ring (bicyclic) bond motifs is 1. The van der Waals surface area contributed by atoms with Gasteiger partial charge in [-0.1, -0.05) is 29.3 Å². The Hall–Kier alpha value is -2.17. The molecular weight excluding hydrogens is 323 g/mol. The average molecular weight is 335 g/mol. The molecular formula is C16H12Cl2N2O2. The quantitative estimate of drug-likeness (QED) is 0.727. The first-order valence-corrected chi connectivity index (χ1v) is 7.25. The van der Waals surface area contributed by atoms with Crippen molar-refractivity contribution < 1.29 is 9.53 Å². The first kappa shape index (κ1) is 14.8. The number of methoxy groups -OCH3 is 1. The van der Waals surface area contributed by atoms with Gasteiger partial charge in [0.15, 0.2) is 0 Å². The molecule has 1 amide bonds. The van der Waals surface area contributed by atoms with E-state index in [-0.39, 0.29) is 5.91 Å². The molecule has 2 aromatic carbocycles. The number of nitrogens with one attached hydrogen (secondary N) is 2. The molecule has 6 heteroatoms. The van der Waals surface area contributed by atoms with Crippen LogP contribution in [0.5, 0.6) is 5.75 Å². The molecule has 3 rings (SSSR count). The number of rotatable bonds is 3. The van der Waals surface area contributed by atoms with Crippen LogP contribution in [0.15, 0.2) is 42.5 Å². The lowest BCUT2D eigenvalue weighted by atomic mass is 10.2. The summed E-state index contributed by atoms with van der Waals surface area (Å²) >= 11 is 11.9. The van der Waals surface area contributed by atoms with Gasteiger partial charge in [-0.25, -0.2) is 0 Å². The second kappa shape index (κ2) is 5.91. The summed E-state index contributed by atoms with van der Waals surface area (Å²) in [4.78, 5) is 15.4. The zero-order valence-electron chi connectivity index (χ0n) is 11.6. The Morgan fingerprint density at radius 3 is 2.59 bits per heavy atom. The molecule has 4 nitrogen and oxygen atoms in total. The molecule has 0 fully saturated rings. The summed E-state index contributed by atoms with van der Waals surface area (Å²) in [6, 6.07) is 12.2. The standard InChI is InChI=1S/C16H12Cl2N2O2/c1-22-15-5-4-11(18)8-13(15)20-16(21)14-6-9-2-3-10(17)7-12(9)19-14/h2-8,19H,1H3,(H,20,21). The van der Waals surface area contributed by atoms with E-state index in [9.17, 15) is 4.79 Å². The van der Waals surface area contributed by atoms with Crippen LogP contribution in [0.1, 0.15) is 10.5 Å². The molecule has 0 unspecified atom stereocenters. The molecule has 0 radical (unpaired) electrons. The number of hydrogen-bond acceptors (Lipinski definition) is 2. The van der Waals surface area contributed by atoms with Gasteiger partial charge in [-0.2, -0.15) is 0 Å². The lowest BCUT2D eigenvalue weighted by molar-refractivity contribution is 0.102. The number of hydrogen-bond donors (Lipinski definition) is 2. The Labute approximate surface area is 137 Å². The number of halogens is 2. The normalized spacial score (nSPS) is 10.7. The maximum absolute atomic E-state index is 12.4. The van der Waals surface area contributed by atoms with Crippen LogP contribution in [0.2, 0.25) is 10.0 Å². The number of amides is 1. The van der Waals surface area contributed by atoms with E-state index in [0.29, 0.717) is 27.2 Å². The topological polar surface area (TPSA) is 54.1 Å². The highest BCUT2D eigenvalue weighted by Gasteiger charge is 2.13. The maximum atomic E-state index is 12.4. The highest BCUT2D eigenvalue weighted by molar-refractivity contribution is 6.31. The molecule has 1 heterocycles. The summed E-state index contributed by atoms with van der Waals surface area (Å²) < 4.78 is 5.21. The molecule has 0 spiro atoms. The summed E-state index contributed by atoms with van der Waals surface area (Å²) in [5.74, 6) is 0.254. The molecule has 0 bridgehead atoms. The van der Waals surface area contributed by atoms with Crippen molar-refractivity contribution in [2.75, 3.05) is 12.4 Å². The Balaban J connectivity index is 1.91. The van der Waals surface area contributed by atoms with Gasteiger partial charge in [0, 0.05) is 20.9 Å². The van der Waals surface area contributed by atoms with Crippen molar-refractivity contribution in [3.63, 3.8) is 0 Å². The first-order valence-electron chi connectivity index (χ1n) is 6.50. The Kier molecular flexibility index (Phi) is 3.96. The first-order chi connectivity index (χ1) is 10.6. The van der Waals surface area contributed by atoms with E-state index in [2.05, 4.69) is 10.3 Å². The summed E-state index contributed by atoms with van der Waals surface area (Å²) in [6.07, 6.45) is 0. The number of benzene rings is 2.